The first-order chi connectivity index (χ1) is 7.33. The number of ether oxygens (including phenoxy) is 2. The summed E-state index contributed by atoms with van der Waals surface area (Å²) < 4.78 is 10.6. The third kappa shape index (κ3) is 5.78. The maximum absolute atomic E-state index is 11.0. The standard InChI is InChI=1S/C12H22O3/c1-2-6-12(13)15-9-4-3-7-11-8-5-10-14-11/h11H,2-10H2,1H3/t11-/m1/s1. The first-order valence-electron chi connectivity index (χ1n) is 6.10. The Labute approximate surface area is 92.1 Å². The minimum Gasteiger partial charge on any atom is -0.466 e. The van der Waals surface area contributed by atoms with E-state index in [-0.39, 0.29) is 5.97 Å². The second kappa shape index (κ2) is 7.69. The van der Waals surface area contributed by atoms with Crippen molar-refractivity contribution in [2.45, 2.75) is 58.0 Å². The lowest BCUT2D eigenvalue weighted by atomic mass is 10.1. The molecule has 0 aromatic rings. The molecule has 1 aliphatic rings. The maximum atomic E-state index is 11.0. The molecule has 0 N–H and O–H groups in total. The Morgan fingerprint density at radius 1 is 1.47 bits per heavy atom. The molecule has 1 saturated heterocycles. The Bertz CT molecular complexity index is 174. The van der Waals surface area contributed by atoms with Crippen LogP contribution < -0.4 is 0 Å². The van der Waals surface area contributed by atoms with E-state index in [0.29, 0.717) is 19.1 Å². The summed E-state index contributed by atoms with van der Waals surface area (Å²) >= 11 is 0. The summed E-state index contributed by atoms with van der Waals surface area (Å²) in [6.07, 6.45) is 7.48. The van der Waals surface area contributed by atoms with Crippen LogP contribution in [0, 0.1) is 0 Å². The van der Waals surface area contributed by atoms with Crippen LogP contribution in [0.1, 0.15) is 51.9 Å². The predicted octanol–water partition coefficient (Wildman–Crippen LogP) is 2.68. The fourth-order valence-electron chi connectivity index (χ4n) is 1.81. The molecule has 1 aliphatic heterocycles. The van der Waals surface area contributed by atoms with E-state index in [0.717, 1.165) is 32.3 Å². The average molecular weight is 214 g/mol. The lowest BCUT2D eigenvalue weighted by molar-refractivity contribution is -0.143. The fraction of sp³-hybridized carbons (Fsp3) is 0.917. The Morgan fingerprint density at radius 3 is 3.00 bits per heavy atom. The van der Waals surface area contributed by atoms with Crippen molar-refractivity contribution in [3.8, 4) is 0 Å². The van der Waals surface area contributed by atoms with E-state index in [1.54, 1.807) is 0 Å². The molecular weight excluding hydrogens is 192 g/mol. The molecule has 3 nitrogen and oxygen atoms in total. The molecule has 1 heterocycles. The van der Waals surface area contributed by atoms with Gasteiger partial charge >= 0.3 is 5.97 Å². The summed E-state index contributed by atoms with van der Waals surface area (Å²) in [5.41, 5.74) is 0. The third-order valence-corrected chi connectivity index (χ3v) is 2.66. The van der Waals surface area contributed by atoms with Crippen LogP contribution in [0.25, 0.3) is 0 Å². The second-order valence-electron chi connectivity index (χ2n) is 4.10. The summed E-state index contributed by atoms with van der Waals surface area (Å²) in [5.74, 6) is -0.0605. The highest BCUT2D eigenvalue weighted by Crippen LogP contribution is 2.17. The van der Waals surface area contributed by atoms with Crippen molar-refractivity contribution in [1.82, 2.24) is 0 Å². The van der Waals surface area contributed by atoms with Gasteiger partial charge in [-0.2, -0.15) is 0 Å². The molecular formula is C12H22O3. The van der Waals surface area contributed by atoms with Gasteiger partial charge in [0.25, 0.3) is 0 Å². The van der Waals surface area contributed by atoms with Crippen LogP contribution in [-0.2, 0) is 14.3 Å². The Morgan fingerprint density at radius 2 is 2.33 bits per heavy atom. The molecule has 1 fully saturated rings. The number of carbonyl (C=O) groups excluding carboxylic acids is 1. The minimum atomic E-state index is -0.0605. The monoisotopic (exact) mass is 214 g/mol. The molecule has 0 spiro atoms. The smallest absolute Gasteiger partial charge is 0.305 e. The van der Waals surface area contributed by atoms with Gasteiger partial charge in [-0.3, -0.25) is 4.79 Å². The molecule has 1 rings (SSSR count). The fourth-order valence-corrected chi connectivity index (χ4v) is 1.81. The number of esters is 1. The summed E-state index contributed by atoms with van der Waals surface area (Å²) in [5, 5.41) is 0. The van der Waals surface area contributed by atoms with Crippen LogP contribution in [-0.4, -0.2) is 25.3 Å². The molecule has 88 valence electrons. The van der Waals surface area contributed by atoms with Crippen LogP contribution in [0.15, 0.2) is 0 Å². The van der Waals surface area contributed by atoms with Gasteiger partial charge in [-0.15, -0.1) is 0 Å². The van der Waals surface area contributed by atoms with Gasteiger partial charge in [0.2, 0.25) is 0 Å². The zero-order chi connectivity index (χ0) is 10.9. The van der Waals surface area contributed by atoms with Gasteiger partial charge in [0, 0.05) is 13.0 Å². The number of rotatable bonds is 7. The molecule has 0 aromatic carbocycles. The van der Waals surface area contributed by atoms with E-state index in [9.17, 15) is 4.79 Å². The van der Waals surface area contributed by atoms with Gasteiger partial charge in [0.1, 0.15) is 0 Å². The third-order valence-electron chi connectivity index (χ3n) is 2.66. The summed E-state index contributed by atoms with van der Waals surface area (Å²) in [4.78, 5) is 11.0. The number of unbranched alkanes of at least 4 members (excludes halogenated alkanes) is 1. The van der Waals surface area contributed by atoms with Crippen molar-refractivity contribution < 1.29 is 14.3 Å². The molecule has 0 saturated carbocycles. The van der Waals surface area contributed by atoms with Gasteiger partial charge < -0.3 is 9.47 Å². The van der Waals surface area contributed by atoms with Gasteiger partial charge in [-0.25, -0.2) is 0 Å². The van der Waals surface area contributed by atoms with E-state index in [1.165, 1.54) is 12.8 Å². The van der Waals surface area contributed by atoms with E-state index in [2.05, 4.69) is 0 Å². The van der Waals surface area contributed by atoms with E-state index in [4.69, 9.17) is 9.47 Å². The molecule has 0 aromatic heterocycles. The first kappa shape index (κ1) is 12.5. The van der Waals surface area contributed by atoms with Crippen molar-refractivity contribution >= 4 is 5.97 Å². The molecule has 0 amide bonds. The molecule has 0 bridgehead atoms. The van der Waals surface area contributed by atoms with E-state index < -0.39 is 0 Å². The predicted molar refractivity (Wildman–Crippen MR) is 58.7 cm³/mol. The summed E-state index contributed by atoms with van der Waals surface area (Å²) in [6, 6.07) is 0. The van der Waals surface area contributed by atoms with E-state index >= 15 is 0 Å². The quantitative estimate of drug-likeness (QED) is 0.483. The summed E-state index contributed by atoms with van der Waals surface area (Å²) in [6.45, 7) is 3.49. The maximum Gasteiger partial charge on any atom is 0.305 e. The molecule has 0 radical (unpaired) electrons. The number of hydrogen-bond acceptors (Lipinski definition) is 3. The van der Waals surface area contributed by atoms with Crippen molar-refractivity contribution in [2.24, 2.45) is 0 Å². The average Bonchev–Trinajstić information content (AvgIpc) is 2.70. The van der Waals surface area contributed by atoms with Gasteiger partial charge in [-0.05, 0) is 38.5 Å². The van der Waals surface area contributed by atoms with Crippen molar-refractivity contribution in [3.63, 3.8) is 0 Å². The highest BCUT2D eigenvalue weighted by atomic mass is 16.5. The number of carbonyl (C=O) groups is 1. The van der Waals surface area contributed by atoms with Crippen LogP contribution in [0.3, 0.4) is 0 Å². The normalized spacial score (nSPS) is 20.5. The SMILES string of the molecule is CCCC(=O)OCCCC[C@@H]1CCCO1. The minimum absolute atomic E-state index is 0.0605. The van der Waals surface area contributed by atoms with Crippen LogP contribution in [0.5, 0.6) is 0 Å². The largest absolute Gasteiger partial charge is 0.466 e. The van der Waals surface area contributed by atoms with E-state index in [1.807, 2.05) is 6.92 Å². The molecule has 1 atom stereocenters. The number of hydrogen-bond donors (Lipinski definition) is 0. The van der Waals surface area contributed by atoms with Gasteiger partial charge in [0.15, 0.2) is 0 Å². The molecule has 0 unspecified atom stereocenters. The molecule has 3 heteroatoms. The van der Waals surface area contributed by atoms with Crippen molar-refractivity contribution in [2.75, 3.05) is 13.2 Å². The lowest BCUT2D eigenvalue weighted by Crippen LogP contribution is -2.07. The van der Waals surface area contributed by atoms with Crippen LogP contribution >= 0.6 is 0 Å². The summed E-state index contributed by atoms with van der Waals surface area (Å²) in [7, 11) is 0. The highest BCUT2D eigenvalue weighted by molar-refractivity contribution is 5.69. The topological polar surface area (TPSA) is 35.5 Å². The first-order valence-corrected chi connectivity index (χ1v) is 6.10. The van der Waals surface area contributed by atoms with Crippen LogP contribution in [0.4, 0.5) is 0 Å². The van der Waals surface area contributed by atoms with Gasteiger partial charge in [0.05, 0.1) is 12.7 Å². The zero-order valence-electron chi connectivity index (χ0n) is 9.67. The second-order valence-corrected chi connectivity index (χ2v) is 4.10. The Kier molecular flexibility index (Phi) is 6.41. The van der Waals surface area contributed by atoms with Crippen LogP contribution in [0.2, 0.25) is 0 Å². The van der Waals surface area contributed by atoms with Crippen molar-refractivity contribution in [3.05, 3.63) is 0 Å². The Balaban J connectivity index is 1.86. The Hall–Kier alpha value is -0.570. The highest BCUT2D eigenvalue weighted by Gasteiger charge is 2.14. The zero-order valence-corrected chi connectivity index (χ0v) is 9.67. The lowest BCUT2D eigenvalue weighted by Gasteiger charge is -2.08. The van der Waals surface area contributed by atoms with Crippen molar-refractivity contribution in [1.29, 1.82) is 0 Å². The molecule has 0 aliphatic carbocycles. The van der Waals surface area contributed by atoms with Gasteiger partial charge in [-0.1, -0.05) is 6.92 Å². The molecule has 15 heavy (non-hydrogen) atoms.